The molecule has 0 radical (unpaired) electrons. The SMILES string of the molecule is CCCOc1nc(N)nc(-c2ccco2)n1. The molecule has 0 aromatic carbocycles. The fraction of sp³-hybridized carbons (Fsp3) is 0.300. The Morgan fingerprint density at radius 3 is 2.94 bits per heavy atom. The molecule has 0 atom stereocenters. The van der Waals surface area contributed by atoms with Gasteiger partial charge in [-0.1, -0.05) is 6.92 Å². The van der Waals surface area contributed by atoms with E-state index in [1.165, 1.54) is 0 Å². The van der Waals surface area contributed by atoms with Crippen LogP contribution in [0.1, 0.15) is 13.3 Å². The maximum absolute atomic E-state index is 5.55. The predicted molar refractivity (Wildman–Crippen MR) is 57.7 cm³/mol. The van der Waals surface area contributed by atoms with Gasteiger partial charge < -0.3 is 14.9 Å². The van der Waals surface area contributed by atoms with Gasteiger partial charge in [-0.3, -0.25) is 0 Å². The van der Waals surface area contributed by atoms with Crippen LogP contribution in [-0.2, 0) is 0 Å². The third kappa shape index (κ3) is 2.28. The molecule has 0 aliphatic carbocycles. The molecular formula is C10H12N4O2. The van der Waals surface area contributed by atoms with Crippen molar-refractivity contribution < 1.29 is 9.15 Å². The highest BCUT2D eigenvalue weighted by molar-refractivity contribution is 5.48. The molecule has 0 spiro atoms. The number of nitrogen functional groups attached to an aromatic ring is 1. The lowest BCUT2D eigenvalue weighted by atomic mass is 10.4. The molecule has 0 aliphatic rings. The number of hydrogen-bond acceptors (Lipinski definition) is 6. The zero-order valence-electron chi connectivity index (χ0n) is 8.88. The Labute approximate surface area is 92.5 Å². The number of anilines is 1. The standard InChI is InChI=1S/C10H12N4O2/c1-2-5-16-10-13-8(12-9(11)14-10)7-4-3-6-15-7/h3-4,6H,2,5H2,1H3,(H2,11,12,13,14). The van der Waals surface area contributed by atoms with Crippen LogP contribution in [0.4, 0.5) is 5.95 Å². The third-order valence-electron chi connectivity index (χ3n) is 1.81. The largest absolute Gasteiger partial charge is 0.463 e. The normalized spacial score (nSPS) is 10.3. The molecule has 0 bridgehead atoms. The molecule has 0 saturated carbocycles. The maximum atomic E-state index is 5.55. The number of ether oxygens (including phenoxy) is 1. The summed E-state index contributed by atoms with van der Waals surface area (Å²) < 4.78 is 10.5. The molecular weight excluding hydrogens is 208 g/mol. The summed E-state index contributed by atoms with van der Waals surface area (Å²) in [5, 5.41) is 0. The van der Waals surface area contributed by atoms with Gasteiger partial charge in [0, 0.05) is 0 Å². The summed E-state index contributed by atoms with van der Waals surface area (Å²) >= 11 is 0. The van der Waals surface area contributed by atoms with Crippen molar-refractivity contribution in [3.63, 3.8) is 0 Å². The van der Waals surface area contributed by atoms with Gasteiger partial charge in [-0.15, -0.1) is 0 Å². The van der Waals surface area contributed by atoms with Crippen molar-refractivity contribution in [1.29, 1.82) is 0 Å². The summed E-state index contributed by atoms with van der Waals surface area (Å²) in [5.74, 6) is 1.03. The van der Waals surface area contributed by atoms with Gasteiger partial charge in [0.05, 0.1) is 12.9 Å². The van der Waals surface area contributed by atoms with E-state index in [9.17, 15) is 0 Å². The first-order valence-corrected chi connectivity index (χ1v) is 4.98. The van der Waals surface area contributed by atoms with Crippen molar-refractivity contribution in [1.82, 2.24) is 15.0 Å². The molecule has 0 fully saturated rings. The number of rotatable bonds is 4. The molecule has 0 amide bonds. The molecule has 2 aromatic rings. The Kier molecular flexibility index (Phi) is 3.00. The van der Waals surface area contributed by atoms with Gasteiger partial charge in [-0.05, 0) is 18.6 Å². The molecule has 2 rings (SSSR count). The van der Waals surface area contributed by atoms with Crippen molar-refractivity contribution in [3.8, 4) is 17.6 Å². The molecule has 6 nitrogen and oxygen atoms in total. The molecule has 0 unspecified atom stereocenters. The van der Waals surface area contributed by atoms with Crippen molar-refractivity contribution in [2.24, 2.45) is 0 Å². The topological polar surface area (TPSA) is 87.1 Å². The Morgan fingerprint density at radius 1 is 1.38 bits per heavy atom. The monoisotopic (exact) mass is 220 g/mol. The van der Waals surface area contributed by atoms with Crippen molar-refractivity contribution in [2.75, 3.05) is 12.3 Å². The van der Waals surface area contributed by atoms with Crippen LogP contribution in [0.2, 0.25) is 0 Å². The highest BCUT2D eigenvalue weighted by Gasteiger charge is 2.09. The molecule has 6 heteroatoms. The number of nitrogens with two attached hydrogens (primary N) is 1. The lowest BCUT2D eigenvalue weighted by molar-refractivity contribution is 0.292. The van der Waals surface area contributed by atoms with Gasteiger partial charge in [-0.25, -0.2) is 0 Å². The van der Waals surface area contributed by atoms with Crippen LogP contribution in [0, 0.1) is 0 Å². The van der Waals surface area contributed by atoms with E-state index in [4.69, 9.17) is 14.9 Å². The zero-order valence-corrected chi connectivity index (χ0v) is 8.88. The van der Waals surface area contributed by atoms with E-state index in [0.29, 0.717) is 18.2 Å². The van der Waals surface area contributed by atoms with E-state index >= 15 is 0 Å². The van der Waals surface area contributed by atoms with Crippen LogP contribution in [0.3, 0.4) is 0 Å². The minimum Gasteiger partial charge on any atom is -0.463 e. The number of hydrogen-bond donors (Lipinski definition) is 1. The van der Waals surface area contributed by atoms with E-state index in [0.717, 1.165) is 6.42 Å². The lowest BCUT2D eigenvalue weighted by Crippen LogP contribution is -2.05. The van der Waals surface area contributed by atoms with E-state index in [1.54, 1.807) is 18.4 Å². The van der Waals surface area contributed by atoms with Gasteiger partial charge in [0.1, 0.15) is 0 Å². The summed E-state index contributed by atoms with van der Waals surface area (Å²) in [6.07, 6.45) is 2.42. The molecule has 16 heavy (non-hydrogen) atoms. The molecule has 84 valence electrons. The highest BCUT2D eigenvalue weighted by Crippen LogP contribution is 2.17. The zero-order chi connectivity index (χ0) is 11.4. The molecule has 2 aromatic heterocycles. The van der Waals surface area contributed by atoms with E-state index in [1.807, 2.05) is 6.92 Å². The van der Waals surface area contributed by atoms with Gasteiger partial charge >= 0.3 is 6.01 Å². The van der Waals surface area contributed by atoms with Crippen molar-refractivity contribution in [3.05, 3.63) is 18.4 Å². The number of aromatic nitrogens is 3. The minimum atomic E-state index is 0.118. The Morgan fingerprint density at radius 2 is 2.25 bits per heavy atom. The quantitative estimate of drug-likeness (QED) is 0.840. The van der Waals surface area contributed by atoms with Crippen LogP contribution < -0.4 is 10.5 Å². The first kappa shape index (κ1) is 10.4. The van der Waals surface area contributed by atoms with Gasteiger partial charge in [-0.2, -0.15) is 15.0 Å². The first-order chi connectivity index (χ1) is 7.79. The molecule has 0 saturated heterocycles. The second kappa shape index (κ2) is 4.61. The summed E-state index contributed by atoms with van der Waals surface area (Å²) in [7, 11) is 0. The van der Waals surface area contributed by atoms with Crippen LogP contribution in [-0.4, -0.2) is 21.6 Å². The highest BCUT2D eigenvalue weighted by atomic mass is 16.5. The van der Waals surface area contributed by atoms with Crippen molar-refractivity contribution in [2.45, 2.75) is 13.3 Å². The summed E-state index contributed by atoms with van der Waals surface area (Å²) in [5.41, 5.74) is 5.55. The Hall–Kier alpha value is -2.11. The first-order valence-electron chi connectivity index (χ1n) is 4.98. The number of furan rings is 1. The van der Waals surface area contributed by atoms with Gasteiger partial charge in [0.25, 0.3) is 0 Å². The summed E-state index contributed by atoms with van der Waals surface area (Å²) in [4.78, 5) is 11.9. The second-order valence-corrected chi connectivity index (χ2v) is 3.13. The van der Waals surface area contributed by atoms with E-state index in [-0.39, 0.29) is 12.0 Å². The van der Waals surface area contributed by atoms with Crippen LogP contribution in [0.25, 0.3) is 11.6 Å². The van der Waals surface area contributed by atoms with Gasteiger partial charge in [0.2, 0.25) is 11.8 Å². The Bertz CT molecular complexity index is 456. The maximum Gasteiger partial charge on any atom is 0.321 e. The van der Waals surface area contributed by atoms with E-state index < -0.39 is 0 Å². The van der Waals surface area contributed by atoms with Gasteiger partial charge in [0.15, 0.2) is 5.76 Å². The summed E-state index contributed by atoms with van der Waals surface area (Å²) in [6.45, 7) is 2.54. The molecule has 2 N–H and O–H groups in total. The third-order valence-corrected chi connectivity index (χ3v) is 1.81. The summed E-state index contributed by atoms with van der Waals surface area (Å²) in [6, 6.07) is 3.72. The average molecular weight is 220 g/mol. The van der Waals surface area contributed by atoms with Crippen LogP contribution in [0.15, 0.2) is 22.8 Å². The minimum absolute atomic E-state index is 0.118. The fourth-order valence-corrected chi connectivity index (χ4v) is 1.15. The second-order valence-electron chi connectivity index (χ2n) is 3.13. The van der Waals surface area contributed by atoms with Crippen LogP contribution in [0.5, 0.6) is 6.01 Å². The van der Waals surface area contributed by atoms with E-state index in [2.05, 4.69) is 15.0 Å². The average Bonchev–Trinajstić information content (AvgIpc) is 2.79. The smallest absolute Gasteiger partial charge is 0.321 e. The van der Waals surface area contributed by atoms with Crippen LogP contribution >= 0.6 is 0 Å². The molecule has 0 aliphatic heterocycles. The molecule has 2 heterocycles. The fourth-order valence-electron chi connectivity index (χ4n) is 1.15. The Balaban J connectivity index is 2.29. The lowest BCUT2D eigenvalue weighted by Gasteiger charge is -2.03. The van der Waals surface area contributed by atoms with Crippen molar-refractivity contribution >= 4 is 5.95 Å². The predicted octanol–water partition coefficient (Wildman–Crippen LogP) is 1.50. The number of nitrogens with zero attached hydrogens (tertiary/aromatic N) is 3.